The molecule has 5 heteroatoms. The summed E-state index contributed by atoms with van der Waals surface area (Å²) in [5.41, 5.74) is 3.40. The van der Waals surface area contributed by atoms with Crippen molar-refractivity contribution in [3.8, 4) is 11.1 Å². The Bertz CT molecular complexity index is 943. The van der Waals surface area contributed by atoms with Gasteiger partial charge < -0.3 is 5.32 Å². The summed E-state index contributed by atoms with van der Waals surface area (Å²) in [7, 11) is 0. The summed E-state index contributed by atoms with van der Waals surface area (Å²) >= 11 is 0. The quantitative estimate of drug-likeness (QED) is 0.619. The Morgan fingerprint density at radius 2 is 1.83 bits per heavy atom. The van der Waals surface area contributed by atoms with Crippen LogP contribution >= 0.6 is 0 Å². The highest BCUT2D eigenvalue weighted by molar-refractivity contribution is 6.08. The van der Waals surface area contributed by atoms with E-state index in [9.17, 15) is 9.59 Å². The number of carbonyl (C=O) groups excluding carboxylic acids is 2. The summed E-state index contributed by atoms with van der Waals surface area (Å²) in [6.45, 7) is 2.74. The van der Waals surface area contributed by atoms with Gasteiger partial charge in [-0.2, -0.15) is 0 Å². The average molecular weight is 404 g/mol. The number of carbonyl (C=O) groups is 2. The maximum absolute atomic E-state index is 13.3. The Hall–Kier alpha value is -2.95. The zero-order chi connectivity index (χ0) is 21.0. The minimum Gasteiger partial charge on any atom is -0.328 e. The molecule has 2 aliphatic rings. The maximum Gasteiger partial charge on any atom is 0.256 e. The largest absolute Gasteiger partial charge is 0.328 e. The van der Waals surface area contributed by atoms with Crippen LogP contribution < -0.4 is 5.32 Å². The number of hydrogen-bond acceptors (Lipinski definition) is 3. The molecule has 2 aromatic rings. The van der Waals surface area contributed by atoms with Crippen molar-refractivity contribution in [3.63, 3.8) is 0 Å². The molecule has 1 spiro atoms. The fraction of sp³-hybridized carbons (Fsp3) is 0.400. The lowest BCUT2D eigenvalue weighted by Gasteiger charge is -2.23. The van der Waals surface area contributed by atoms with Crippen LogP contribution in [0.25, 0.3) is 11.1 Å². The van der Waals surface area contributed by atoms with Gasteiger partial charge in [0.1, 0.15) is 11.4 Å². The molecule has 0 radical (unpaired) electrons. The van der Waals surface area contributed by atoms with Crippen molar-refractivity contribution in [2.75, 3.05) is 5.32 Å². The second kappa shape index (κ2) is 8.82. The summed E-state index contributed by atoms with van der Waals surface area (Å²) in [6, 6.07) is 16.0. The third kappa shape index (κ3) is 3.89. The highest BCUT2D eigenvalue weighted by Gasteiger charge is 2.49. The van der Waals surface area contributed by atoms with Crippen molar-refractivity contribution in [3.05, 3.63) is 54.1 Å². The first-order chi connectivity index (χ1) is 14.7. The van der Waals surface area contributed by atoms with E-state index in [1.165, 1.54) is 0 Å². The minimum atomic E-state index is -0.484. The molecule has 0 unspecified atom stereocenters. The van der Waals surface area contributed by atoms with Crippen LogP contribution in [-0.2, 0) is 16.1 Å². The number of amides is 2. The number of hydrogen-bond donors (Lipinski definition) is 1. The van der Waals surface area contributed by atoms with Gasteiger partial charge in [-0.1, -0.05) is 68.7 Å². The van der Waals surface area contributed by atoms with E-state index in [-0.39, 0.29) is 5.91 Å². The van der Waals surface area contributed by atoms with Gasteiger partial charge in [0.05, 0.1) is 6.54 Å². The van der Waals surface area contributed by atoms with E-state index in [4.69, 9.17) is 4.99 Å². The van der Waals surface area contributed by atoms with Gasteiger partial charge in [0.25, 0.3) is 5.91 Å². The van der Waals surface area contributed by atoms with Gasteiger partial charge >= 0.3 is 0 Å². The monoisotopic (exact) mass is 403 g/mol. The first-order valence-corrected chi connectivity index (χ1v) is 11.0. The number of rotatable bonds is 8. The Balaban J connectivity index is 1.54. The molecule has 1 N–H and O–H groups in total. The van der Waals surface area contributed by atoms with Gasteiger partial charge in [0, 0.05) is 17.7 Å². The van der Waals surface area contributed by atoms with Gasteiger partial charge in [0.15, 0.2) is 0 Å². The van der Waals surface area contributed by atoms with Crippen LogP contribution in [-0.4, -0.2) is 28.6 Å². The van der Waals surface area contributed by atoms with E-state index in [1.807, 2.05) is 29.2 Å². The van der Waals surface area contributed by atoms with Crippen molar-refractivity contribution in [1.82, 2.24) is 4.90 Å². The summed E-state index contributed by atoms with van der Waals surface area (Å²) in [5.74, 6) is 1.16. The van der Waals surface area contributed by atoms with Crippen LogP contribution in [0.5, 0.6) is 0 Å². The number of benzene rings is 2. The molecule has 0 atom stereocenters. The summed E-state index contributed by atoms with van der Waals surface area (Å²) in [4.78, 5) is 31.1. The molecule has 2 amide bonds. The van der Waals surface area contributed by atoms with Crippen LogP contribution in [0.2, 0.25) is 0 Å². The number of anilines is 1. The number of unbranched alkanes of at least 4 members (excludes halogenated alkanes) is 1. The molecular formula is C25H29N3O2. The second-order valence-corrected chi connectivity index (χ2v) is 8.27. The van der Waals surface area contributed by atoms with Gasteiger partial charge in [-0.3, -0.25) is 19.5 Å². The minimum absolute atomic E-state index is 0.190. The fourth-order valence-electron chi connectivity index (χ4n) is 4.59. The highest BCUT2D eigenvalue weighted by atomic mass is 16.2. The maximum atomic E-state index is 13.3. The number of nitrogens with one attached hydrogen (secondary N) is 1. The number of para-hydroxylation sites is 1. The molecule has 1 saturated carbocycles. The summed E-state index contributed by atoms with van der Waals surface area (Å²) < 4.78 is 0. The van der Waals surface area contributed by atoms with Crippen LogP contribution in [0.1, 0.15) is 57.4 Å². The number of nitrogens with zero attached hydrogens (tertiary/aromatic N) is 2. The smallest absolute Gasteiger partial charge is 0.256 e. The molecule has 1 fully saturated rings. The topological polar surface area (TPSA) is 61.8 Å². The highest BCUT2D eigenvalue weighted by Crippen LogP contribution is 2.40. The Morgan fingerprint density at radius 1 is 1.10 bits per heavy atom. The van der Waals surface area contributed by atoms with Crippen molar-refractivity contribution in [1.29, 1.82) is 0 Å². The fourth-order valence-corrected chi connectivity index (χ4v) is 4.59. The Labute approximate surface area is 178 Å². The normalized spacial score (nSPS) is 17.4. The molecule has 5 nitrogen and oxygen atoms in total. The van der Waals surface area contributed by atoms with Crippen molar-refractivity contribution in [2.24, 2.45) is 4.99 Å². The van der Waals surface area contributed by atoms with E-state index in [0.717, 1.165) is 73.2 Å². The lowest BCUT2D eigenvalue weighted by atomic mass is 9.98. The van der Waals surface area contributed by atoms with Crippen molar-refractivity contribution in [2.45, 2.75) is 64.0 Å². The van der Waals surface area contributed by atoms with E-state index in [1.54, 1.807) is 0 Å². The predicted molar refractivity (Wildman–Crippen MR) is 120 cm³/mol. The zero-order valence-corrected chi connectivity index (χ0v) is 17.6. The van der Waals surface area contributed by atoms with Crippen LogP contribution in [0, 0.1) is 0 Å². The molecular weight excluding hydrogens is 374 g/mol. The lowest BCUT2D eigenvalue weighted by Crippen LogP contribution is -2.40. The van der Waals surface area contributed by atoms with Crippen molar-refractivity contribution < 1.29 is 9.59 Å². The molecule has 156 valence electrons. The first kappa shape index (κ1) is 20.3. The van der Waals surface area contributed by atoms with E-state index < -0.39 is 5.54 Å². The molecule has 1 aliphatic carbocycles. The molecule has 1 aliphatic heterocycles. The lowest BCUT2D eigenvalue weighted by molar-refractivity contribution is -0.131. The predicted octanol–water partition coefficient (Wildman–Crippen LogP) is 5.17. The molecule has 0 saturated heterocycles. The van der Waals surface area contributed by atoms with Gasteiger partial charge in [-0.25, -0.2) is 0 Å². The van der Waals surface area contributed by atoms with Crippen LogP contribution in [0.3, 0.4) is 0 Å². The summed E-state index contributed by atoms with van der Waals surface area (Å²) in [6.07, 6.45) is 7.67. The van der Waals surface area contributed by atoms with Gasteiger partial charge in [-0.05, 0) is 36.5 Å². The van der Waals surface area contributed by atoms with E-state index >= 15 is 0 Å². The molecule has 0 aromatic heterocycles. The van der Waals surface area contributed by atoms with Crippen LogP contribution in [0.15, 0.2) is 53.5 Å². The Kier molecular flexibility index (Phi) is 5.98. The molecule has 0 bridgehead atoms. The SMILES string of the molecule is CCCCC1=NC2(CCCC2)C(=O)N1Cc1ccc(-c2ccccc2NC=O)cc1. The van der Waals surface area contributed by atoms with Gasteiger partial charge in [-0.15, -0.1) is 0 Å². The third-order valence-electron chi connectivity index (χ3n) is 6.23. The van der Waals surface area contributed by atoms with Gasteiger partial charge in [0.2, 0.25) is 6.41 Å². The van der Waals surface area contributed by atoms with E-state index in [0.29, 0.717) is 13.0 Å². The molecule has 2 aromatic carbocycles. The molecule has 4 rings (SSSR count). The molecule has 30 heavy (non-hydrogen) atoms. The zero-order valence-electron chi connectivity index (χ0n) is 17.6. The number of amidine groups is 1. The second-order valence-electron chi connectivity index (χ2n) is 8.27. The summed E-state index contributed by atoms with van der Waals surface area (Å²) in [5, 5.41) is 2.76. The third-order valence-corrected chi connectivity index (χ3v) is 6.23. The Morgan fingerprint density at radius 3 is 2.53 bits per heavy atom. The van der Waals surface area contributed by atoms with Crippen LogP contribution in [0.4, 0.5) is 5.69 Å². The number of aliphatic imine (C=N–C) groups is 1. The average Bonchev–Trinajstić information content (AvgIpc) is 3.34. The standard InChI is InChI=1S/C25H29N3O2/c1-2-3-10-23-27-25(15-6-7-16-25)24(30)28(23)17-19-11-13-20(14-12-19)21-8-4-5-9-22(21)26-18-29/h4-5,8-9,11-14,18H,2-3,6-7,10,15-17H2,1H3,(H,26,29). The van der Waals surface area contributed by atoms with Crippen molar-refractivity contribution >= 4 is 23.8 Å². The first-order valence-electron chi connectivity index (χ1n) is 11.0. The molecule has 1 heterocycles. The van der Waals surface area contributed by atoms with E-state index in [2.05, 4.69) is 36.5 Å².